The lowest BCUT2D eigenvalue weighted by Gasteiger charge is -2.13. The molecule has 0 aliphatic rings. The van der Waals surface area contributed by atoms with E-state index in [9.17, 15) is 29.4 Å². The Labute approximate surface area is 185 Å². The molecule has 2 heterocycles. The van der Waals surface area contributed by atoms with Crippen molar-refractivity contribution in [2.24, 2.45) is 0 Å². The molecule has 0 spiro atoms. The number of carbonyl (C=O) groups is 1. The van der Waals surface area contributed by atoms with Crippen molar-refractivity contribution in [2.45, 2.75) is 6.54 Å². The first-order valence-corrected chi connectivity index (χ1v) is 9.61. The van der Waals surface area contributed by atoms with Crippen molar-refractivity contribution in [3.63, 3.8) is 0 Å². The van der Waals surface area contributed by atoms with E-state index in [4.69, 9.17) is 0 Å². The summed E-state index contributed by atoms with van der Waals surface area (Å²) in [5.41, 5.74) is -0.877. The van der Waals surface area contributed by atoms with Gasteiger partial charge in [0.05, 0.1) is 22.7 Å². The predicted molar refractivity (Wildman–Crippen MR) is 117 cm³/mol. The van der Waals surface area contributed by atoms with E-state index in [1.54, 1.807) is 24.3 Å². The second-order valence-electron chi connectivity index (χ2n) is 7.01. The number of nitriles is 1. The Bertz CT molecular complexity index is 1520. The minimum Gasteiger partial charge on any atom is -0.321 e. The van der Waals surface area contributed by atoms with E-state index in [1.165, 1.54) is 41.1 Å². The molecule has 33 heavy (non-hydrogen) atoms. The highest BCUT2D eigenvalue weighted by Crippen LogP contribution is 2.22. The third kappa shape index (κ3) is 4.15. The standard InChI is InChI=1S/C23H14FN5O4/c24-19-6-2-1-4-15(19)13-28-21-14(5-3-9-26-21)11-18(23(28)31)22(30)27-20-8-7-17(29(32)33)10-16(20)12-25/h1-11H,13H2,(H,27,30). The van der Waals surface area contributed by atoms with E-state index in [-0.39, 0.29) is 40.3 Å². The number of halogens is 1. The van der Waals surface area contributed by atoms with Gasteiger partial charge < -0.3 is 5.32 Å². The molecule has 1 amide bonds. The van der Waals surface area contributed by atoms with Crippen LogP contribution in [0.4, 0.5) is 15.8 Å². The van der Waals surface area contributed by atoms with Gasteiger partial charge in [-0.3, -0.25) is 24.3 Å². The van der Waals surface area contributed by atoms with Gasteiger partial charge in [0.25, 0.3) is 17.2 Å². The van der Waals surface area contributed by atoms with Crippen LogP contribution in [0.25, 0.3) is 11.0 Å². The Kier molecular flexibility index (Phi) is 5.61. The number of rotatable bonds is 5. The van der Waals surface area contributed by atoms with Gasteiger partial charge in [-0.1, -0.05) is 18.2 Å². The number of anilines is 1. The van der Waals surface area contributed by atoms with Crippen LogP contribution in [0.3, 0.4) is 0 Å². The summed E-state index contributed by atoms with van der Waals surface area (Å²) >= 11 is 0. The van der Waals surface area contributed by atoms with Gasteiger partial charge in [0.1, 0.15) is 23.1 Å². The molecule has 4 aromatic rings. The van der Waals surface area contributed by atoms with E-state index in [0.29, 0.717) is 5.39 Å². The molecule has 0 aliphatic carbocycles. The first kappa shape index (κ1) is 21.3. The van der Waals surface area contributed by atoms with Crippen LogP contribution in [0.1, 0.15) is 21.5 Å². The molecule has 4 rings (SSSR count). The molecule has 0 unspecified atom stereocenters. The lowest BCUT2D eigenvalue weighted by molar-refractivity contribution is -0.384. The SMILES string of the molecule is N#Cc1cc([N+](=O)[O-])ccc1NC(=O)c1cc2cccnc2n(Cc2ccccc2F)c1=O. The average Bonchev–Trinajstić information content (AvgIpc) is 2.81. The summed E-state index contributed by atoms with van der Waals surface area (Å²) in [6, 6.07) is 15.8. The fraction of sp³-hybridized carbons (Fsp3) is 0.0435. The third-order valence-electron chi connectivity index (χ3n) is 4.96. The smallest absolute Gasteiger partial charge is 0.270 e. The Balaban J connectivity index is 1.79. The molecular formula is C23H14FN5O4. The number of nitro groups is 1. The molecule has 0 atom stereocenters. The van der Waals surface area contributed by atoms with Crippen LogP contribution in [-0.4, -0.2) is 20.4 Å². The summed E-state index contributed by atoms with van der Waals surface area (Å²) in [6.07, 6.45) is 1.48. The molecule has 0 aliphatic heterocycles. The summed E-state index contributed by atoms with van der Waals surface area (Å²) in [5, 5.41) is 23.2. The number of benzene rings is 2. The lowest BCUT2D eigenvalue weighted by Crippen LogP contribution is -2.30. The molecule has 9 nitrogen and oxygen atoms in total. The van der Waals surface area contributed by atoms with Crippen molar-refractivity contribution >= 4 is 28.3 Å². The summed E-state index contributed by atoms with van der Waals surface area (Å²) < 4.78 is 15.4. The largest absolute Gasteiger partial charge is 0.321 e. The van der Waals surface area contributed by atoms with Crippen LogP contribution in [0.5, 0.6) is 0 Å². The Morgan fingerprint density at radius 1 is 1.18 bits per heavy atom. The van der Waals surface area contributed by atoms with Gasteiger partial charge in [-0.05, 0) is 30.3 Å². The zero-order valence-electron chi connectivity index (χ0n) is 16.9. The topological polar surface area (TPSA) is 131 Å². The first-order chi connectivity index (χ1) is 15.9. The number of pyridine rings is 2. The van der Waals surface area contributed by atoms with Crippen molar-refractivity contribution in [3.05, 3.63) is 110 Å². The Morgan fingerprint density at radius 2 is 1.97 bits per heavy atom. The molecule has 10 heteroatoms. The van der Waals surface area contributed by atoms with Gasteiger partial charge in [-0.2, -0.15) is 5.26 Å². The van der Waals surface area contributed by atoms with Gasteiger partial charge in [0.2, 0.25) is 0 Å². The molecular weight excluding hydrogens is 429 g/mol. The minimum absolute atomic E-state index is 0.0134. The molecule has 2 aromatic carbocycles. The number of hydrogen-bond acceptors (Lipinski definition) is 6. The fourth-order valence-electron chi connectivity index (χ4n) is 3.35. The highest BCUT2D eigenvalue weighted by atomic mass is 19.1. The summed E-state index contributed by atoms with van der Waals surface area (Å²) in [7, 11) is 0. The second-order valence-corrected chi connectivity index (χ2v) is 7.01. The van der Waals surface area contributed by atoms with Crippen molar-refractivity contribution in [1.29, 1.82) is 5.26 Å². The zero-order valence-corrected chi connectivity index (χ0v) is 16.9. The van der Waals surface area contributed by atoms with Crippen LogP contribution in [-0.2, 0) is 6.54 Å². The average molecular weight is 443 g/mol. The number of aromatic nitrogens is 2. The second kappa shape index (κ2) is 8.68. The Morgan fingerprint density at radius 3 is 2.70 bits per heavy atom. The number of nitrogens with zero attached hydrogens (tertiary/aromatic N) is 4. The molecule has 2 aromatic heterocycles. The maximum absolute atomic E-state index is 14.2. The van der Waals surface area contributed by atoms with Gasteiger partial charge in [-0.15, -0.1) is 0 Å². The van der Waals surface area contributed by atoms with Crippen LogP contribution in [0, 0.1) is 27.3 Å². The van der Waals surface area contributed by atoms with Crippen LogP contribution >= 0.6 is 0 Å². The van der Waals surface area contributed by atoms with Crippen molar-refractivity contribution in [2.75, 3.05) is 5.32 Å². The van der Waals surface area contributed by atoms with Crippen LogP contribution < -0.4 is 10.9 Å². The molecule has 162 valence electrons. The quantitative estimate of drug-likeness (QED) is 0.370. The molecule has 0 saturated carbocycles. The number of non-ortho nitro benzene ring substituents is 1. The van der Waals surface area contributed by atoms with E-state index in [1.807, 2.05) is 0 Å². The number of fused-ring (bicyclic) bond motifs is 1. The molecule has 1 N–H and O–H groups in total. The number of nitro benzene ring substituents is 1. The van der Waals surface area contributed by atoms with Crippen LogP contribution in [0.15, 0.2) is 71.7 Å². The summed E-state index contributed by atoms with van der Waals surface area (Å²) in [4.78, 5) is 40.7. The Hall–Kier alpha value is -4.91. The number of nitrogens with one attached hydrogen (secondary N) is 1. The van der Waals surface area contributed by atoms with Crippen molar-refractivity contribution in [1.82, 2.24) is 9.55 Å². The normalized spacial score (nSPS) is 10.5. The first-order valence-electron chi connectivity index (χ1n) is 9.61. The lowest BCUT2D eigenvalue weighted by atomic mass is 10.1. The maximum atomic E-state index is 14.2. The van der Waals surface area contributed by atoms with Gasteiger partial charge in [0.15, 0.2) is 0 Å². The number of amides is 1. The van der Waals surface area contributed by atoms with Gasteiger partial charge in [0, 0.05) is 29.3 Å². The number of carbonyl (C=O) groups excluding carboxylic acids is 1. The molecule has 0 radical (unpaired) electrons. The van der Waals surface area contributed by atoms with Gasteiger partial charge >= 0.3 is 0 Å². The predicted octanol–water partition coefficient (Wildman–Crippen LogP) is 3.62. The third-order valence-corrected chi connectivity index (χ3v) is 4.96. The highest BCUT2D eigenvalue weighted by molar-refractivity contribution is 6.06. The van der Waals surface area contributed by atoms with E-state index < -0.39 is 22.2 Å². The van der Waals surface area contributed by atoms with E-state index in [0.717, 1.165) is 12.1 Å². The van der Waals surface area contributed by atoms with E-state index in [2.05, 4.69) is 10.3 Å². The van der Waals surface area contributed by atoms with Gasteiger partial charge in [-0.25, -0.2) is 9.37 Å². The zero-order chi connectivity index (χ0) is 23.5. The van der Waals surface area contributed by atoms with Crippen LogP contribution in [0.2, 0.25) is 0 Å². The summed E-state index contributed by atoms with van der Waals surface area (Å²) in [5.74, 6) is -1.33. The molecule has 0 saturated heterocycles. The highest BCUT2D eigenvalue weighted by Gasteiger charge is 2.19. The monoisotopic (exact) mass is 443 g/mol. The van der Waals surface area contributed by atoms with Crippen molar-refractivity contribution in [3.8, 4) is 6.07 Å². The number of hydrogen-bond donors (Lipinski definition) is 1. The fourth-order valence-corrected chi connectivity index (χ4v) is 3.35. The van der Waals surface area contributed by atoms with E-state index >= 15 is 0 Å². The molecule has 0 fully saturated rings. The van der Waals surface area contributed by atoms with Crippen molar-refractivity contribution < 1.29 is 14.1 Å². The molecule has 0 bridgehead atoms. The minimum atomic E-state index is -0.821. The maximum Gasteiger partial charge on any atom is 0.270 e. The summed E-state index contributed by atoms with van der Waals surface area (Å²) in [6.45, 7) is -0.152.